The molecule has 0 radical (unpaired) electrons. The molecule has 2 rings (SSSR count). The molecule has 0 bridgehead atoms. The lowest BCUT2D eigenvalue weighted by atomic mass is 10.0. The molecule has 0 aliphatic carbocycles. The van der Waals surface area contributed by atoms with Crippen LogP contribution in [0.2, 0.25) is 0 Å². The van der Waals surface area contributed by atoms with Crippen molar-refractivity contribution in [3.63, 3.8) is 0 Å². The number of rotatable bonds is 6. The summed E-state index contributed by atoms with van der Waals surface area (Å²) in [6, 6.07) is 11.0. The highest BCUT2D eigenvalue weighted by Crippen LogP contribution is 2.13. The third-order valence-corrected chi connectivity index (χ3v) is 4.08. The van der Waals surface area contributed by atoms with E-state index in [4.69, 9.17) is 0 Å². The maximum absolute atomic E-state index is 12.3. The molecule has 0 spiro atoms. The van der Waals surface area contributed by atoms with Crippen molar-refractivity contribution < 1.29 is 19.5 Å². The van der Waals surface area contributed by atoms with Gasteiger partial charge in [0.2, 0.25) is 5.91 Å². The second-order valence-corrected chi connectivity index (χ2v) is 6.25. The van der Waals surface area contributed by atoms with E-state index in [1.807, 2.05) is 32.0 Å². The summed E-state index contributed by atoms with van der Waals surface area (Å²) >= 11 is 0. The molecule has 2 aromatic rings. The van der Waals surface area contributed by atoms with Crippen LogP contribution in [0.15, 0.2) is 42.5 Å². The maximum Gasteiger partial charge on any atom is 0.326 e. The first kappa shape index (κ1) is 19.2. The van der Waals surface area contributed by atoms with Gasteiger partial charge < -0.3 is 15.7 Å². The first-order valence-electron chi connectivity index (χ1n) is 8.23. The molecule has 0 heterocycles. The average molecular weight is 354 g/mol. The minimum absolute atomic E-state index is 0.201. The SMILES string of the molecule is CC(=O)Nc1ccc(C(=O)N[C@H](Cc2ccc(C)c(C)c2)C(=O)O)cc1. The number of anilines is 1. The van der Waals surface area contributed by atoms with E-state index >= 15 is 0 Å². The Morgan fingerprint density at radius 1 is 1.00 bits per heavy atom. The number of aryl methyl sites for hydroxylation is 2. The van der Waals surface area contributed by atoms with Crippen molar-refractivity contribution in [2.45, 2.75) is 33.2 Å². The summed E-state index contributed by atoms with van der Waals surface area (Å²) in [6.45, 7) is 5.34. The van der Waals surface area contributed by atoms with Crippen LogP contribution in [-0.2, 0) is 16.0 Å². The Labute approximate surface area is 152 Å². The van der Waals surface area contributed by atoms with Crippen LogP contribution >= 0.6 is 0 Å². The van der Waals surface area contributed by atoms with Gasteiger partial charge in [-0.3, -0.25) is 9.59 Å². The fourth-order valence-electron chi connectivity index (χ4n) is 2.52. The second kappa shape index (κ2) is 8.29. The van der Waals surface area contributed by atoms with E-state index in [1.54, 1.807) is 12.1 Å². The Morgan fingerprint density at radius 3 is 2.19 bits per heavy atom. The fourth-order valence-corrected chi connectivity index (χ4v) is 2.52. The van der Waals surface area contributed by atoms with Gasteiger partial charge in [0.05, 0.1) is 0 Å². The van der Waals surface area contributed by atoms with Crippen LogP contribution < -0.4 is 10.6 Å². The topological polar surface area (TPSA) is 95.5 Å². The molecule has 26 heavy (non-hydrogen) atoms. The van der Waals surface area contributed by atoms with E-state index in [0.717, 1.165) is 16.7 Å². The van der Waals surface area contributed by atoms with Gasteiger partial charge in [0, 0.05) is 24.6 Å². The number of carboxylic acids is 1. The lowest BCUT2D eigenvalue weighted by Gasteiger charge is -2.15. The van der Waals surface area contributed by atoms with Crippen LogP contribution in [0.1, 0.15) is 34.0 Å². The normalized spacial score (nSPS) is 11.5. The van der Waals surface area contributed by atoms with E-state index in [-0.39, 0.29) is 12.3 Å². The quantitative estimate of drug-likeness (QED) is 0.743. The summed E-state index contributed by atoms with van der Waals surface area (Å²) in [4.78, 5) is 34.9. The number of aliphatic carboxylic acids is 1. The van der Waals surface area contributed by atoms with Crippen molar-refractivity contribution in [2.75, 3.05) is 5.32 Å². The van der Waals surface area contributed by atoms with Gasteiger partial charge in [-0.15, -0.1) is 0 Å². The molecule has 2 amide bonds. The number of nitrogens with one attached hydrogen (secondary N) is 2. The molecule has 1 atom stereocenters. The monoisotopic (exact) mass is 354 g/mol. The van der Waals surface area contributed by atoms with E-state index in [9.17, 15) is 19.5 Å². The van der Waals surface area contributed by atoms with Crippen molar-refractivity contribution in [3.05, 3.63) is 64.7 Å². The Morgan fingerprint density at radius 2 is 1.65 bits per heavy atom. The summed E-state index contributed by atoms with van der Waals surface area (Å²) in [5.74, 6) is -1.77. The highest BCUT2D eigenvalue weighted by molar-refractivity contribution is 5.97. The molecular formula is C20H22N2O4. The highest BCUT2D eigenvalue weighted by atomic mass is 16.4. The summed E-state index contributed by atoms with van der Waals surface area (Å²) in [5.41, 5.74) is 3.95. The molecule has 3 N–H and O–H groups in total. The highest BCUT2D eigenvalue weighted by Gasteiger charge is 2.21. The molecule has 6 nitrogen and oxygen atoms in total. The number of carbonyl (C=O) groups is 3. The molecule has 0 saturated heterocycles. The Balaban J connectivity index is 2.08. The molecule has 0 aromatic heterocycles. The van der Waals surface area contributed by atoms with Crippen molar-refractivity contribution in [2.24, 2.45) is 0 Å². The first-order valence-corrected chi connectivity index (χ1v) is 8.23. The molecule has 0 saturated carbocycles. The van der Waals surface area contributed by atoms with Gasteiger partial charge in [-0.05, 0) is 54.8 Å². The van der Waals surface area contributed by atoms with Crippen LogP contribution in [0.4, 0.5) is 5.69 Å². The first-order chi connectivity index (χ1) is 12.3. The lowest BCUT2D eigenvalue weighted by molar-refractivity contribution is -0.139. The van der Waals surface area contributed by atoms with Crippen molar-refractivity contribution in [3.8, 4) is 0 Å². The van der Waals surface area contributed by atoms with Gasteiger partial charge in [-0.1, -0.05) is 18.2 Å². The van der Waals surface area contributed by atoms with Crippen LogP contribution in [-0.4, -0.2) is 28.9 Å². The summed E-state index contributed by atoms with van der Waals surface area (Å²) in [5, 5.41) is 14.6. The molecule has 6 heteroatoms. The van der Waals surface area contributed by atoms with E-state index in [2.05, 4.69) is 10.6 Å². The lowest BCUT2D eigenvalue weighted by Crippen LogP contribution is -2.42. The van der Waals surface area contributed by atoms with Crippen molar-refractivity contribution in [1.29, 1.82) is 0 Å². The number of amides is 2. The standard InChI is InChI=1S/C20H22N2O4/c1-12-4-5-15(10-13(12)2)11-18(20(25)26)22-19(24)16-6-8-17(9-7-16)21-14(3)23/h4-10,18H,11H2,1-3H3,(H,21,23)(H,22,24)(H,25,26)/t18-/m1/s1. The molecule has 0 aliphatic heterocycles. The zero-order chi connectivity index (χ0) is 19.3. The van der Waals surface area contributed by atoms with Crippen LogP contribution in [0.5, 0.6) is 0 Å². The molecule has 136 valence electrons. The van der Waals surface area contributed by atoms with Crippen molar-refractivity contribution in [1.82, 2.24) is 5.32 Å². The molecule has 0 unspecified atom stereocenters. The zero-order valence-electron chi connectivity index (χ0n) is 15.0. The predicted molar refractivity (Wildman–Crippen MR) is 99.3 cm³/mol. The number of carbonyl (C=O) groups excluding carboxylic acids is 2. The average Bonchev–Trinajstić information content (AvgIpc) is 2.57. The summed E-state index contributed by atoms with van der Waals surface area (Å²) < 4.78 is 0. The Hall–Kier alpha value is -3.15. The number of hydrogen-bond donors (Lipinski definition) is 3. The van der Waals surface area contributed by atoms with Gasteiger partial charge in [-0.25, -0.2) is 4.79 Å². The number of hydrogen-bond acceptors (Lipinski definition) is 3. The minimum Gasteiger partial charge on any atom is -0.480 e. The van der Waals surface area contributed by atoms with E-state index < -0.39 is 17.9 Å². The maximum atomic E-state index is 12.3. The summed E-state index contributed by atoms with van der Waals surface area (Å²) in [6.07, 6.45) is 0.201. The van der Waals surface area contributed by atoms with Crippen LogP contribution in [0, 0.1) is 13.8 Å². The van der Waals surface area contributed by atoms with Crippen LogP contribution in [0.3, 0.4) is 0 Å². The van der Waals surface area contributed by atoms with Gasteiger partial charge in [0.25, 0.3) is 5.91 Å². The molecule has 2 aromatic carbocycles. The largest absolute Gasteiger partial charge is 0.480 e. The number of carboxylic acid groups (broad SMARTS) is 1. The predicted octanol–water partition coefficient (Wildman–Crippen LogP) is 2.69. The third kappa shape index (κ3) is 5.17. The van der Waals surface area contributed by atoms with Gasteiger partial charge in [-0.2, -0.15) is 0 Å². The number of benzene rings is 2. The summed E-state index contributed by atoms with van der Waals surface area (Å²) in [7, 11) is 0. The molecular weight excluding hydrogens is 332 g/mol. The smallest absolute Gasteiger partial charge is 0.326 e. The minimum atomic E-state index is -1.09. The Kier molecular flexibility index (Phi) is 6.11. The van der Waals surface area contributed by atoms with Crippen molar-refractivity contribution >= 4 is 23.5 Å². The molecule has 0 fully saturated rings. The van der Waals surface area contributed by atoms with Gasteiger partial charge in [0.15, 0.2) is 0 Å². The second-order valence-electron chi connectivity index (χ2n) is 6.25. The zero-order valence-corrected chi connectivity index (χ0v) is 15.0. The van der Waals surface area contributed by atoms with Gasteiger partial charge in [0.1, 0.15) is 6.04 Å². The van der Waals surface area contributed by atoms with E-state index in [1.165, 1.54) is 19.1 Å². The fraction of sp³-hybridized carbons (Fsp3) is 0.250. The molecule has 0 aliphatic rings. The van der Waals surface area contributed by atoms with Gasteiger partial charge >= 0.3 is 5.97 Å². The van der Waals surface area contributed by atoms with Crippen LogP contribution in [0.25, 0.3) is 0 Å². The third-order valence-electron chi connectivity index (χ3n) is 4.08. The van der Waals surface area contributed by atoms with E-state index in [0.29, 0.717) is 11.3 Å². The Bertz CT molecular complexity index is 828.